The summed E-state index contributed by atoms with van der Waals surface area (Å²) in [4.78, 5) is 19.1. The molecule has 10 heteroatoms. The molecule has 1 saturated heterocycles. The van der Waals surface area contributed by atoms with Gasteiger partial charge in [0.1, 0.15) is 17.6 Å². The zero-order valence-corrected chi connectivity index (χ0v) is 19.7. The number of methoxy groups -OCH3 is 1. The van der Waals surface area contributed by atoms with Gasteiger partial charge in [0.25, 0.3) is 0 Å². The fraction of sp³-hybridized carbons (Fsp3) is 0.240. The van der Waals surface area contributed by atoms with E-state index in [1.54, 1.807) is 18.2 Å². The van der Waals surface area contributed by atoms with Crippen molar-refractivity contribution in [3.05, 3.63) is 65.1 Å². The third-order valence-electron chi connectivity index (χ3n) is 5.49. The molecule has 0 spiro atoms. The number of nitriles is 1. The minimum absolute atomic E-state index is 0.0506. The molecule has 0 aliphatic carbocycles. The van der Waals surface area contributed by atoms with Crippen LogP contribution in [-0.2, 0) is 9.53 Å². The molecule has 2 aromatic carbocycles. The SMILES string of the molecule is COc1cc2ncc(C#N)c(Nc3ccc(F)c(Cl)c3)c2cc1NC(=O)/C=C/CN1CCOCC1. The predicted molar refractivity (Wildman–Crippen MR) is 133 cm³/mol. The maximum atomic E-state index is 13.6. The predicted octanol–water partition coefficient (Wildman–Crippen LogP) is 4.48. The zero-order chi connectivity index (χ0) is 24.8. The van der Waals surface area contributed by atoms with E-state index in [4.69, 9.17) is 21.1 Å². The molecule has 0 radical (unpaired) electrons. The molecule has 1 aliphatic heterocycles. The van der Waals surface area contributed by atoms with E-state index in [1.165, 1.54) is 37.6 Å². The normalized spacial score (nSPS) is 14.1. The van der Waals surface area contributed by atoms with E-state index < -0.39 is 5.82 Å². The van der Waals surface area contributed by atoms with Crippen molar-refractivity contribution in [1.29, 1.82) is 5.26 Å². The van der Waals surface area contributed by atoms with Crippen molar-refractivity contribution >= 4 is 45.5 Å². The van der Waals surface area contributed by atoms with E-state index in [9.17, 15) is 14.4 Å². The first-order valence-corrected chi connectivity index (χ1v) is 11.3. The number of carbonyl (C=O) groups excluding carboxylic acids is 1. The molecule has 0 atom stereocenters. The number of carbonyl (C=O) groups is 1. The summed E-state index contributed by atoms with van der Waals surface area (Å²) in [5, 5.41) is 16.1. The molecule has 1 aromatic heterocycles. The Hall–Kier alpha value is -3.71. The average Bonchev–Trinajstić information content (AvgIpc) is 2.87. The van der Waals surface area contributed by atoms with E-state index in [0.29, 0.717) is 53.5 Å². The molecule has 1 amide bonds. The quantitative estimate of drug-likeness (QED) is 0.466. The summed E-state index contributed by atoms with van der Waals surface area (Å²) >= 11 is 5.91. The minimum Gasteiger partial charge on any atom is -0.494 e. The Bertz CT molecular complexity index is 1320. The van der Waals surface area contributed by atoms with Crippen molar-refractivity contribution in [3.8, 4) is 11.8 Å². The van der Waals surface area contributed by atoms with Crippen LogP contribution in [0.25, 0.3) is 10.9 Å². The number of aromatic nitrogens is 1. The summed E-state index contributed by atoms with van der Waals surface area (Å²) in [5.41, 5.74) is 2.16. The van der Waals surface area contributed by atoms with Gasteiger partial charge in [0.2, 0.25) is 5.91 Å². The van der Waals surface area contributed by atoms with Gasteiger partial charge in [-0.15, -0.1) is 0 Å². The molecule has 2 heterocycles. The number of nitrogens with one attached hydrogen (secondary N) is 2. The summed E-state index contributed by atoms with van der Waals surface area (Å²) < 4.78 is 24.4. The van der Waals surface area contributed by atoms with Crippen LogP contribution in [0, 0.1) is 17.1 Å². The molecule has 35 heavy (non-hydrogen) atoms. The van der Waals surface area contributed by atoms with Crippen molar-refractivity contribution in [1.82, 2.24) is 9.88 Å². The number of rotatable bonds is 7. The first kappa shape index (κ1) is 24.4. The maximum Gasteiger partial charge on any atom is 0.248 e. The van der Waals surface area contributed by atoms with Crippen LogP contribution in [0.1, 0.15) is 5.56 Å². The number of fused-ring (bicyclic) bond motifs is 1. The molecule has 0 bridgehead atoms. The number of hydrogen-bond acceptors (Lipinski definition) is 7. The first-order chi connectivity index (χ1) is 17.0. The molecule has 2 N–H and O–H groups in total. The van der Waals surface area contributed by atoms with Gasteiger partial charge in [-0.1, -0.05) is 17.7 Å². The molecule has 0 unspecified atom stereocenters. The largest absolute Gasteiger partial charge is 0.494 e. The standard InChI is InChI=1S/C25H23ClFN5O3/c1-34-23-13-21-18(12-22(23)31-24(33)3-2-6-32-7-9-35-10-8-32)25(16(14-28)15-29-21)30-17-4-5-20(27)19(26)11-17/h2-5,11-13,15H,6-10H2,1H3,(H,29,30)(H,31,33)/b3-2+. The van der Waals surface area contributed by atoms with Crippen LogP contribution >= 0.6 is 11.6 Å². The Morgan fingerprint density at radius 1 is 1.34 bits per heavy atom. The lowest BCUT2D eigenvalue weighted by Crippen LogP contribution is -2.36. The van der Waals surface area contributed by atoms with Gasteiger partial charge in [-0.2, -0.15) is 5.26 Å². The molecule has 0 saturated carbocycles. The van der Waals surface area contributed by atoms with Crippen LogP contribution in [0.15, 0.2) is 48.7 Å². The highest BCUT2D eigenvalue weighted by Crippen LogP contribution is 2.36. The number of halogens is 2. The van der Waals surface area contributed by atoms with Gasteiger partial charge < -0.3 is 20.1 Å². The highest BCUT2D eigenvalue weighted by atomic mass is 35.5. The average molecular weight is 496 g/mol. The van der Waals surface area contributed by atoms with Crippen molar-refractivity contribution in [2.75, 3.05) is 50.6 Å². The van der Waals surface area contributed by atoms with Crippen LogP contribution in [0.2, 0.25) is 5.02 Å². The Kier molecular flexibility index (Phi) is 7.77. The van der Waals surface area contributed by atoms with Crippen molar-refractivity contribution < 1.29 is 18.7 Å². The molecule has 4 rings (SSSR count). The van der Waals surface area contributed by atoms with Crippen molar-refractivity contribution in [2.45, 2.75) is 0 Å². The molecule has 8 nitrogen and oxygen atoms in total. The minimum atomic E-state index is -0.547. The molecular weight excluding hydrogens is 473 g/mol. The van der Waals surface area contributed by atoms with Gasteiger partial charge in [-0.05, 0) is 24.3 Å². The van der Waals surface area contributed by atoms with Crippen LogP contribution in [0.3, 0.4) is 0 Å². The zero-order valence-electron chi connectivity index (χ0n) is 19.0. The number of anilines is 3. The monoisotopic (exact) mass is 495 g/mol. The van der Waals surface area contributed by atoms with Crippen LogP contribution in [0.4, 0.5) is 21.5 Å². The van der Waals surface area contributed by atoms with Crippen molar-refractivity contribution in [2.24, 2.45) is 0 Å². The van der Waals surface area contributed by atoms with E-state index in [0.717, 1.165) is 13.1 Å². The second-order valence-corrected chi connectivity index (χ2v) is 8.19. The second-order valence-electron chi connectivity index (χ2n) is 7.79. The third kappa shape index (κ3) is 5.87. The first-order valence-electron chi connectivity index (χ1n) is 10.9. The lowest BCUT2D eigenvalue weighted by molar-refractivity contribution is -0.111. The number of nitrogens with zero attached hydrogens (tertiary/aromatic N) is 3. The van der Waals surface area contributed by atoms with E-state index in [1.807, 2.05) is 0 Å². The number of pyridine rings is 1. The highest BCUT2D eigenvalue weighted by Gasteiger charge is 2.15. The number of ether oxygens (including phenoxy) is 2. The number of benzene rings is 2. The summed E-state index contributed by atoms with van der Waals surface area (Å²) in [6.45, 7) is 3.68. The Labute approximate surface area is 206 Å². The highest BCUT2D eigenvalue weighted by molar-refractivity contribution is 6.31. The third-order valence-corrected chi connectivity index (χ3v) is 5.78. The van der Waals surface area contributed by atoms with Gasteiger partial charge in [-0.3, -0.25) is 14.7 Å². The smallest absolute Gasteiger partial charge is 0.248 e. The number of hydrogen-bond donors (Lipinski definition) is 2. The Morgan fingerprint density at radius 3 is 2.86 bits per heavy atom. The van der Waals surface area contributed by atoms with E-state index >= 15 is 0 Å². The van der Waals surface area contributed by atoms with Crippen molar-refractivity contribution in [3.63, 3.8) is 0 Å². The Balaban J connectivity index is 1.63. The fourth-order valence-electron chi connectivity index (χ4n) is 3.69. The van der Waals surface area contributed by atoms with Gasteiger partial charge in [0.15, 0.2) is 0 Å². The van der Waals surface area contributed by atoms with Gasteiger partial charge in [0, 0.05) is 49.0 Å². The second kappa shape index (κ2) is 11.1. The Morgan fingerprint density at radius 2 is 2.14 bits per heavy atom. The van der Waals surface area contributed by atoms with Gasteiger partial charge >= 0.3 is 0 Å². The molecule has 180 valence electrons. The van der Waals surface area contributed by atoms with Crippen LogP contribution in [-0.4, -0.2) is 55.7 Å². The van der Waals surface area contributed by atoms with E-state index in [-0.39, 0.29) is 16.5 Å². The topological polar surface area (TPSA) is 99.5 Å². The molecule has 3 aromatic rings. The fourth-order valence-corrected chi connectivity index (χ4v) is 3.87. The summed E-state index contributed by atoms with van der Waals surface area (Å²) in [6.07, 6.45) is 4.71. The van der Waals surface area contributed by atoms with E-state index in [2.05, 4.69) is 26.6 Å². The molecular formula is C25H23ClFN5O3. The summed E-state index contributed by atoms with van der Waals surface area (Å²) in [6, 6.07) is 9.64. The number of amides is 1. The van der Waals surface area contributed by atoms with Gasteiger partial charge in [0.05, 0.1) is 47.8 Å². The molecule has 1 aliphatic rings. The summed E-state index contributed by atoms with van der Waals surface area (Å²) in [7, 11) is 1.49. The van der Waals surface area contributed by atoms with Crippen LogP contribution < -0.4 is 15.4 Å². The molecule has 1 fully saturated rings. The lowest BCUT2D eigenvalue weighted by atomic mass is 10.1. The number of morpholine rings is 1. The lowest BCUT2D eigenvalue weighted by Gasteiger charge is -2.25. The van der Waals surface area contributed by atoms with Crippen LogP contribution in [0.5, 0.6) is 5.75 Å². The van der Waals surface area contributed by atoms with Gasteiger partial charge in [-0.25, -0.2) is 4.39 Å². The maximum absolute atomic E-state index is 13.6. The summed E-state index contributed by atoms with van der Waals surface area (Å²) in [5.74, 6) is -0.450.